The number of sulfonamides is 1. The molecule has 0 N–H and O–H groups in total. The second kappa shape index (κ2) is 8.41. The number of nitrogens with zero attached hydrogens (tertiary/aromatic N) is 1. The van der Waals surface area contributed by atoms with E-state index in [1.165, 1.54) is 12.1 Å². The molecule has 0 amide bonds. The van der Waals surface area contributed by atoms with E-state index >= 15 is 0 Å². The van der Waals surface area contributed by atoms with Gasteiger partial charge in [-0.1, -0.05) is 27.5 Å². The van der Waals surface area contributed by atoms with Gasteiger partial charge in [0.15, 0.2) is 0 Å². The number of halogens is 2. The minimum absolute atomic E-state index is 0.0747. The van der Waals surface area contributed by atoms with Crippen LogP contribution in [0.4, 0.5) is 5.69 Å². The van der Waals surface area contributed by atoms with Gasteiger partial charge in [0, 0.05) is 9.50 Å². The third-order valence-corrected chi connectivity index (χ3v) is 6.21. The highest BCUT2D eigenvalue weighted by atomic mass is 79.9. The zero-order chi connectivity index (χ0) is 19.5. The van der Waals surface area contributed by atoms with E-state index in [9.17, 15) is 13.2 Å². The van der Waals surface area contributed by atoms with Gasteiger partial charge in [0.25, 0.3) is 10.0 Å². The molecule has 2 rings (SSSR count). The lowest BCUT2D eigenvalue weighted by Crippen LogP contribution is -2.37. The van der Waals surface area contributed by atoms with Crippen molar-refractivity contribution in [1.82, 2.24) is 0 Å². The molecule has 0 bridgehead atoms. The Labute approximate surface area is 167 Å². The van der Waals surface area contributed by atoms with E-state index in [4.69, 9.17) is 16.3 Å². The Morgan fingerprint density at radius 1 is 1.19 bits per heavy atom. The molecule has 2 aromatic rings. The number of esters is 1. The highest BCUT2D eigenvalue weighted by Crippen LogP contribution is 2.28. The monoisotopic (exact) mass is 459 g/mol. The molecule has 140 valence electrons. The average molecular weight is 461 g/mol. The van der Waals surface area contributed by atoms with E-state index in [1.54, 1.807) is 51.1 Å². The smallest absolute Gasteiger partial charge is 0.327 e. The number of rotatable bonds is 6. The van der Waals surface area contributed by atoms with Gasteiger partial charge in [-0.05, 0) is 68.8 Å². The normalized spacial score (nSPS) is 11.5. The van der Waals surface area contributed by atoms with Crippen molar-refractivity contribution < 1.29 is 17.9 Å². The molecule has 0 aromatic heterocycles. The maximum atomic E-state index is 13.1. The first-order chi connectivity index (χ1) is 12.1. The SMILES string of the molecule is Cc1cc(N(CC(=O)OC(C)C)S(=O)(=O)c2ccc(Br)cc2)ccc1Cl. The van der Waals surface area contributed by atoms with Crippen LogP contribution >= 0.6 is 27.5 Å². The maximum absolute atomic E-state index is 13.1. The van der Waals surface area contributed by atoms with Crippen molar-refractivity contribution in [3.63, 3.8) is 0 Å². The van der Waals surface area contributed by atoms with Crippen molar-refractivity contribution in [1.29, 1.82) is 0 Å². The number of carbonyl (C=O) groups is 1. The molecule has 5 nitrogen and oxygen atoms in total. The molecule has 0 aliphatic heterocycles. The Bertz CT molecular complexity index is 898. The topological polar surface area (TPSA) is 63.7 Å². The molecule has 0 spiro atoms. The van der Waals surface area contributed by atoms with Crippen LogP contribution in [0.2, 0.25) is 5.02 Å². The van der Waals surface area contributed by atoms with Gasteiger partial charge in [0.2, 0.25) is 0 Å². The predicted molar refractivity (Wildman–Crippen MR) is 106 cm³/mol. The molecule has 26 heavy (non-hydrogen) atoms. The minimum atomic E-state index is -3.96. The Balaban J connectivity index is 2.49. The summed E-state index contributed by atoms with van der Waals surface area (Å²) in [6.07, 6.45) is -0.341. The summed E-state index contributed by atoms with van der Waals surface area (Å²) in [6.45, 7) is 4.75. The largest absolute Gasteiger partial charge is 0.462 e. The van der Waals surface area contributed by atoms with Crippen LogP contribution in [0.15, 0.2) is 51.8 Å². The molecule has 0 radical (unpaired) electrons. The molecule has 0 fully saturated rings. The van der Waals surface area contributed by atoms with Gasteiger partial charge in [-0.3, -0.25) is 9.10 Å². The van der Waals surface area contributed by atoms with Gasteiger partial charge in [0.1, 0.15) is 6.54 Å². The number of carbonyl (C=O) groups excluding carboxylic acids is 1. The fraction of sp³-hybridized carbons (Fsp3) is 0.278. The van der Waals surface area contributed by atoms with Crippen molar-refractivity contribution in [2.75, 3.05) is 10.8 Å². The minimum Gasteiger partial charge on any atom is -0.462 e. The van der Waals surface area contributed by atoms with Gasteiger partial charge >= 0.3 is 5.97 Å². The molecule has 0 saturated heterocycles. The molecule has 0 aliphatic rings. The van der Waals surface area contributed by atoms with Crippen LogP contribution < -0.4 is 4.31 Å². The number of anilines is 1. The lowest BCUT2D eigenvalue weighted by molar-refractivity contribution is -0.145. The van der Waals surface area contributed by atoms with Crippen molar-refractivity contribution in [2.45, 2.75) is 31.8 Å². The third-order valence-electron chi connectivity index (χ3n) is 3.47. The number of hydrogen-bond acceptors (Lipinski definition) is 4. The molecular formula is C18H19BrClNO4S. The fourth-order valence-electron chi connectivity index (χ4n) is 2.25. The molecule has 0 unspecified atom stereocenters. The van der Waals surface area contributed by atoms with Crippen LogP contribution in [0.25, 0.3) is 0 Å². The predicted octanol–water partition coefficient (Wildman–Crippen LogP) is 4.56. The lowest BCUT2D eigenvalue weighted by atomic mass is 10.2. The summed E-state index contributed by atoms with van der Waals surface area (Å²) in [5.41, 5.74) is 1.05. The van der Waals surface area contributed by atoms with E-state index in [0.717, 1.165) is 8.78 Å². The standard InChI is InChI=1S/C18H19BrClNO4S/c1-12(2)25-18(22)11-21(15-6-9-17(20)13(3)10-15)26(23,24)16-7-4-14(19)5-8-16/h4-10,12H,11H2,1-3H3. The van der Waals surface area contributed by atoms with Gasteiger partial charge in [-0.25, -0.2) is 8.42 Å². The van der Waals surface area contributed by atoms with E-state index in [-0.39, 0.29) is 11.0 Å². The highest BCUT2D eigenvalue weighted by Gasteiger charge is 2.28. The molecular weight excluding hydrogens is 442 g/mol. The first-order valence-corrected chi connectivity index (χ1v) is 10.5. The van der Waals surface area contributed by atoms with Crippen molar-refractivity contribution in [3.8, 4) is 0 Å². The summed E-state index contributed by atoms with van der Waals surface area (Å²) in [5.74, 6) is -0.631. The number of aryl methyl sites for hydroxylation is 1. The van der Waals surface area contributed by atoms with Gasteiger partial charge in [-0.2, -0.15) is 0 Å². The number of benzene rings is 2. The lowest BCUT2D eigenvalue weighted by Gasteiger charge is -2.24. The van der Waals surface area contributed by atoms with Gasteiger partial charge in [0.05, 0.1) is 16.7 Å². The Hall–Kier alpha value is -1.57. The molecule has 0 heterocycles. The van der Waals surface area contributed by atoms with Gasteiger partial charge < -0.3 is 4.74 Å². The van der Waals surface area contributed by atoms with E-state index < -0.39 is 22.5 Å². The Morgan fingerprint density at radius 3 is 2.35 bits per heavy atom. The maximum Gasteiger partial charge on any atom is 0.327 e. The van der Waals surface area contributed by atoms with Crippen LogP contribution in [0.5, 0.6) is 0 Å². The van der Waals surface area contributed by atoms with E-state index in [1.807, 2.05) is 0 Å². The Kier molecular flexibility index (Phi) is 6.71. The van der Waals surface area contributed by atoms with Crippen LogP contribution in [0.1, 0.15) is 19.4 Å². The van der Waals surface area contributed by atoms with Crippen LogP contribution in [0, 0.1) is 6.92 Å². The summed E-state index contributed by atoms with van der Waals surface area (Å²) in [7, 11) is -3.96. The molecule has 8 heteroatoms. The first kappa shape index (κ1) is 20.7. The number of hydrogen-bond donors (Lipinski definition) is 0. The number of ether oxygens (including phenoxy) is 1. The molecule has 0 aliphatic carbocycles. The van der Waals surface area contributed by atoms with E-state index in [2.05, 4.69) is 15.9 Å². The van der Waals surface area contributed by atoms with Crippen molar-refractivity contribution in [2.24, 2.45) is 0 Å². The quantitative estimate of drug-likeness (QED) is 0.593. The highest BCUT2D eigenvalue weighted by molar-refractivity contribution is 9.10. The van der Waals surface area contributed by atoms with Crippen molar-refractivity contribution >= 4 is 49.2 Å². The van der Waals surface area contributed by atoms with Crippen molar-refractivity contribution in [3.05, 3.63) is 57.5 Å². The summed E-state index contributed by atoms with van der Waals surface area (Å²) in [6, 6.07) is 11.0. The van der Waals surface area contributed by atoms with Crippen LogP contribution in [-0.4, -0.2) is 27.0 Å². The molecule has 0 saturated carbocycles. The summed E-state index contributed by atoms with van der Waals surface area (Å²) < 4.78 is 33.2. The average Bonchev–Trinajstić information content (AvgIpc) is 2.55. The zero-order valence-electron chi connectivity index (χ0n) is 14.6. The second-order valence-electron chi connectivity index (χ2n) is 5.94. The van der Waals surface area contributed by atoms with Crippen LogP contribution in [0.3, 0.4) is 0 Å². The summed E-state index contributed by atoms with van der Waals surface area (Å²) >= 11 is 9.33. The van der Waals surface area contributed by atoms with E-state index in [0.29, 0.717) is 16.3 Å². The van der Waals surface area contributed by atoms with Gasteiger partial charge in [-0.15, -0.1) is 0 Å². The van der Waals surface area contributed by atoms with Crippen LogP contribution in [-0.2, 0) is 19.6 Å². The fourth-order valence-corrected chi connectivity index (χ4v) is 4.03. The zero-order valence-corrected chi connectivity index (χ0v) is 17.7. The third kappa shape index (κ3) is 4.99. The molecule has 2 aromatic carbocycles. The summed E-state index contributed by atoms with van der Waals surface area (Å²) in [4.78, 5) is 12.2. The first-order valence-electron chi connectivity index (χ1n) is 7.85. The summed E-state index contributed by atoms with van der Waals surface area (Å²) in [5, 5.41) is 0.513. The second-order valence-corrected chi connectivity index (χ2v) is 9.12. The molecule has 0 atom stereocenters. The Morgan fingerprint density at radius 2 is 1.81 bits per heavy atom.